The van der Waals surface area contributed by atoms with Gasteiger partial charge in [-0.05, 0) is 23.8 Å². The van der Waals surface area contributed by atoms with Gasteiger partial charge in [0.05, 0.1) is 0 Å². The molecule has 0 aromatic rings. The highest BCUT2D eigenvalue weighted by atomic mass is 14.9. The van der Waals surface area contributed by atoms with E-state index >= 15 is 0 Å². The van der Waals surface area contributed by atoms with E-state index in [9.17, 15) is 0 Å². The standard InChI is InChI=1S/C8H6/c1-2-5-7-3-6-4(1)8(5,6)7/h1-2,4,6H,3H2. The van der Waals surface area contributed by atoms with Crippen LogP contribution in [-0.2, 0) is 0 Å². The van der Waals surface area contributed by atoms with Crippen LogP contribution >= 0.6 is 0 Å². The second kappa shape index (κ2) is 0.464. The Hall–Kier alpha value is -0.520. The van der Waals surface area contributed by atoms with Crippen molar-refractivity contribution >= 4 is 0 Å². The molecule has 0 saturated heterocycles. The quantitative estimate of drug-likeness (QED) is 0.435. The zero-order valence-electron chi connectivity index (χ0n) is 4.52. The van der Waals surface area contributed by atoms with Gasteiger partial charge in [-0.25, -0.2) is 0 Å². The van der Waals surface area contributed by atoms with Crippen molar-refractivity contribution in [3.8, 4) is 0 Å². The molecule has 0 aromatic carbocycles. The van der Waals surface area contributed by atoms with Crippen LogP contribution in [0.5, 0.6) is 0 Å². The monoisotopic (exact) mass is 102 g/mol. The Balaban J connectivity index is 2.26. The van der Waals surface area contributed by atoms with Gasteiger partial charge in [-0.15, -0.1) is 0 Å². The van der Waals surface area contributed by atoms with E-state index in [1.165, 1.54) is 6.42 Å². The Morgan fingerprint density at radius 1 is 1.62 bits per heavy atom. The molecular weight excluding hydrogens is 96.1 g/mol. The zero-order valence-corrected chi connectivity index (χ0v) is 4.52. The minimum absolute atomic E-state index is 0.806. The van der Waals surface area contributed by atoms with Crippen LogP contribution in [-0.4, -0.2) is 0 Å². The lowest BCUT2D eigenvalue weighted by molar-refractivity contribution is 0.613. The maximum atomic E-state index is 2.41. The number of allylic oxidation sites excluding steroid dienone is 4. The van der Waals surface area contributed by atoms with Gasteiger partial charge in [0.15, 0.2) is 0 Å². The first kappa shape index (κ1) is 2.86. The molecule has 38 valence electrons. The summed E-state index contributed by atoms with van der Waals surface area (Å²) in [6.07, 6.45) is 6.23. The molecule has 4 aliphatic carbocycles. The van der Waals surface area contributed by atoms with Crippen molar-refractivity contribution in [2.45, 2.75) is 6.42 Å². The van der Waals surface area contributed by atoms with Crippen LogP contribution < -0.4 is 0 Å². The molecule has 0 bridgehead atoms. The van der Waals surface area contributed by atoms with E-state index in [0.717, 1.165) is 17.3 Å². The molecule has 2 saturated carbocycles. The maximum Gasteiger partial charge on any atom is 0.0271 e. The van der Waals surface area contributed by atoms with E-state index in [4.69, 9.17) is 0 Å². The molecule has 0 aromatic heterocycles. The first-order valence-corrected chi connectivity index (χ1v) is 3.38. The molecule has 0 nitrogen and oxygen atoms in total. The van der Waals surface area contributed by atoms with Gasteiger partial charge in [0.1, 0.15) is 0 Å². The first-order valence-electron chi connectivity index (χ1n) is 3.38. The van der Waals surface area contributed by atoms with E-state index < -0.39 is 0 Å². The molecule has 4 aliphatic rings. The molecule has 8 heavy (non-hydrogen) atoms. The van der Waals surface area contributed by atoms with Crippen molar-refractivity contribution in [1.82, 2.24) is 0 Å². The summed E-state index contributed by atoms with van der Waals surface area (Å²) < 4.78 is 0. The average Bonchev–Trinajstić information content (AvgIpc) is 2.38. The highest BCUT2D eigenvalue weighted by Crippen LogP contribution is 2.92. The minimum atomic E-state index is 0.806. The van der Waals surface area contributed by atoms with Gasteiger partial charge in [-0.2, -0.15) is 0 Å². The molecule has 1 spiro atoms. The molecule has 0 heterocycles. The fourth-order valence-corrected chi connectivity index (χ4v) is 3.06. The lowest BCUT2D eigenvalue weighted by Gasteiger charge is -2.04. The third-order valence-corrected chi connectivity index (χ3v) is 3.54. The van der Waals surface area contributed by atoms with Gasteiger partial charge < -0.3 is 0 Å². The highest BCUT2D eigenvalue weighted by molar-refractivity contribution is 5.76. The predicted octanol–water partition coefficient (Wildman–Crippen LogP) is 1.50. The predicted molar refractivity (Wildman–Crippen MR) is 30.2 cm³/mol. The van der Waals surface area contributed by atoms with Crippen LogP contribution in [0.25, 0.3) is 0 Å². The van der Waals surface area contributed by atoms with Gasteiger partial charge in [0, 0.05) is 5.41 Å². The van der Waals surface area contributed by atoms with Gasteiger partial charge in [-0.3, -0.25) is 0 Å². The molecular formula is C8H6. The highest BCUT2D eigenvalue weighted by Gasteiger charge is 2.84. The second-order valence-electron chi connectivity index (χ2n) is 3.46. The summed E-state index contributed by atoms with van der Waals surface area (Å²) in [5.74, 6) is 2.14. The molecule has 0 radical (unpaired) electrons. The molecule has 4 rings (SSSR count). The minimum Gasteiger partial charge on any atom is -0.0796 e. The Morgan fingerprint density at radius 3 is 3.00 bits per heavy atom. The summed E-state index contributed by atoms with van der Waals surface area (Å²) in [6.45, 7) is 0. The molecule has 2 fully saturated rings. The molecule has 0 amide bonds. The van der Waals surface area contributed by atoms with E-state index in [1.54, 1.807) is 5.57 Å². The largest absolute Gasteiger partial charge is 0.0796 e. The zero-order chi connectivity index (χ0) is 4.93. The number of hydrogen-bond donors (Lipinski definition) is 0. The summed E-state index contributed by atoms with van der Waals surface area (Å²) in [4.78, 5) is 0. The van der Waals surface area contributed by atoms with Crippen molar-refractivity contribution < 1.29 is 0 Å². The van der Waals surface area contributed by atoms with Gasteiger partial charge >= 0.3 is 0 Å². The van der Waals surface area contributed by atoms with Gasteiger partial charge in [0.2, 0.25) is 0 Å². The Morgan fingerprint density at radius 2 is 2.62 bits per heavy atom. The number of hydrogen-bond acceptors (Lipinski definition) is 0. The SMILES string of the molecule is C1=CC2C3CC4=C1C423. The van der Waals surface area contributed by atoms with Crippen molar-refractivity contribution in [2.24, 2.45) is 17.3 Å². The maximum absolute atomic E-state index is 2.41. The second-order valence-corrected chi connectivity index (χ2v) is 3.46. The van der Waals surface area contributed by atoms with Crippen LogP contribution in [0.2, 0.25) is 0 Å². The summed E-state index contributed by atoms with van der Waals surface area (Å²) in [7, 11) is 0. The first-order chi connectivity index (χ1) is 3.95. The molecule has 3 unspecified atom stereocenters. The summed E-state index contributed by atoms with van der Waals surface area (Å²) in [6, 6.07) is 0. The topological polar surface area (TPSA) is 0 Å². The van der Waals surface area contributed by atoms with E-state index in [-0.39, 0.29) is 0 Å². The smallest absolute Gasteiger partial charge is 0.0271 e. The number of rotatable bonds is 0. The van der Waals surface area contributed by atoms with Crippen molar-refractivity contribution in [3.63, 3.8) is 0 Å². The van der Waals surface area contributed by atoms with Crippen molar-refractivity contribution in [1.29, 1.82) is 0 Å². The summed E-state index contributed by atoms with van der Waals surface area (Å²) >= 11 is 0. The van der Waals surface area contributed by atoms with Crippen molar-refractivity contribution in [2.75, 3.05) is 0 Å². The normalized spacial score (nSPS) is 67.0. The lowest BCUT2D eigenvalue weighted by Crippen LogP contribution is -1.96. The Bertz CT molecular complexity index is 270. The third-order valence-electron chi connectivity index (χ3n) is 3.54. The number of fused-ring (bicyclic) bond motifs is 1. The molecule has 0 heteroatoms. The van der Waals surface area contributed by atoms with Crippen LogP contribution in [0.3, 0.4) is 0 Å². The fourth-order valence-electron chi connectivity index (χ4n) is 3.06. The van der Waals surface area contributed by atoms with Gasteiger partial charge in [-0.1, -0.05) is 17.7 Å². The molecule has 3 atom stereocenters. The van der Waals surface area contributed by atoms with Crippen LogP contribution in [0, 0.1) is 17.3 Å². The van der Waals surface area contributed by atoms with E-state index in [1.807, 2.05) is 5.57 Å². The molecule has 0 N–H and O–H groups in total. The Labute approximate surface area is 47.9 Å². The van der Waals surface area contributed by atoms with E-state index in [2.05, 4.69) is 12.2 Å². The van der Waals surface area contributed by atoms with Crippen LogP contribution in [0.4, 0.5) is 0 Å². The molecule has 0 aliphatic heterocycles. The summed E-state index contributed by atoms with van der Waals surface area (Å²) in [5.41, 5.74) is 4.38. The third kappa shape index (κ3) is 0.0826. The fraction of sp³-hybridized carbons (Fsp3) is 0.500. The van der Waals surface area contributed by atoms with Crippen molar-refractivity contribution in [3.05, 3.63) is 23.3 Å². The van der Waals surface area contributed by atoms with Crippen LogP contribution in [0.1, 0.15) is 6.42 Å². The lowest BCUT2D eigenvalue weighted by atomic mass is 9.99. The summed E-state index contributed by atoms with van der Waals surface area (Å²) in [5, 5.41) is 0. The van der Waals surface area contributed by atoms with Crippen LogP contribution in [0.15, 0.2) is 23.3 Å². The van der Waals surface area contributed by atoms with E-state index in [0.29, 0.717) is 0 Å². The Kier molecular flexibility index (Phi) is 0.166. The average molecular weight is 102 g/mol. The van der Waals surface area contributed by atoms with Gasteiger partial charge in [0.25, 0.3) is 0 Å².